The zero-order valence-corrected chi connectivity index (χ0v) is 19.1. The molecule has 0 saturated carbocycles. The topological polar surface area (TPSA) is 43.4 Å². The Balaban J connectivity index is 1.97. The Labute approximate surface area is 196 Å². The molecule has 0 aliphatic heterocycles. The number of carbonyl (C=O) groups is 2. The standard InChI is InChI=1S/C27H20Cl2O3/c1-3-32-27(31)26(30)24-16(2)14-20-15-19(17-4-9-21(28)10-5-17)8-13-23(20)25(24)18-6-11-22(29)12-7-18/h4-15H,3H2,1-2H3. The van der Waals surface area contributed by atoms with E-state index in [2.05, 4.69) is 6.07 Å². The van der Waals surface area contributed by atoms with Crippen LogP contribution >= 0.6 is 23.2 Å². The van der Waals surface area contributed by atoms with E-state index >= 15 is 0 Å². The maximum atomic E-state index is 13.1. The SMILES string of the molecule is CCOC(=O)C(=O)c1c(C)cc2cc(-c3ccc(Cl)cc3)ccc2c1-c1ccc(Cl)cc1. The van der Waals surface area contributed by atoms with Gasteiger partial charge in [-0.25, -0.2) is 4.79 Å². The van der Waals surface area contributed by atoms with Crippen LogP contribution in [0.5, 0.6) is 0 Å². The number of ketones is 1. The second-order valence-corrected chi connectivity index (χ2v) is 8.32. The highest BCUT2D eigenvalue weighted by Gasteiger charge is 2.25. The minimum absolute atomic E-state index is 0.137. The summed E-state index contributed by atoms with van der Waals surface area (Å²) in [4.78, 5) is 25.4. The highest BCUT2D eigenvalue weighted by atomic mass is 35.5. The van der Waals surface area contributed by atoms with Gasteiger partial charge in [-0.3, -0.25) is 4.79 Å². The van der Waals surface area contributed by atoms with Gasteiger partial charge in [0, 0.05) is 21.2 Å². The number of aryl methyl sites for hydroxylation is 1. The van der Waals surface area contributed by atoms with Crippen LogP contribution in [-0.2, 0) is 9.53 Å². The van der Waals surface area contributed by atoms with Crippen molar-refractivity contribution in [2.45, 2.75) is 13.8 Å². The normalized spacial score (nSPS) is 10.9. The van der Waals surface area contributed by atoms with Gasteiger partial charge in [0.1, 0.15) is 0 Å². The summed E-state index contributed by atoms with van der Waals surface area (Å²) in [5, 5.41) is 3.09. The number of halogens is 2. The molecule has 0 amide bonds. The summed E-state index contributed by atoms with van der Waals surface area (Å²) in [6.07, 6.45) is 0. The number of hydrogen-bond acceptors (Lipinski definition) is 3. The fourth-order valence-corrected chi connectivity index (χ4v) is 4.13. The van der Waals surface area contributed by atoms with Crippen molar-refractivity contribution in [1.82, 2.24) is 0 Å². The number of benzene rings is 4. The van der Waals surface area contributed by atoms with Crippen LogP contribution in [0.15, 0.2) is 72.8 Å². The molecular weight excluding hydrogens is 443 g/mol. The van der Waals surface area contributed by atoms with Gasteiger partial charge in [-0.1, -0.05) is 65.7 Å². The molecule has 3 nitrogen and oxygen atoms in total. The summed E-state index contributed by atoms with van der Waals surface area (Å²) >= 11 is 12.1. The number of fused-ring (bicyclic) bond motifs is 1. The van der Waals surface area contributed by atoms with E-state index in [0.717, 1.165) is 27.5 Å². The fraction of sp³-hybridized carbons (Fsp3) is 0.111. The summed E-state index contributed by atoms with van der Waals surface area (Å²) in [6, 6.07) is 22.9. The summed E-state index contributed by atoms with van der Waals surface area (Å²) in [6.45, 7) is 3.65. The van der Waals surface area contributed by atoms with Gasteiger partial charge in [0.05, 0.1) is 6.61 Å². The van der Waals surface area contributed by atoms with Crippen molar-refractivity contribution < 1.29 is 14.3 Å². The van der Waals surface area contributed by atoms with Crippen LogP contribution in [0.1, 0.15) is 22.8 Å². The van der Waals surface area contributed by atoms with Crippen LogP contribution < -0.4 is 0 Å². The smallest absolute Gasteiger partial charge is 0.379 e. The van der Waals surface area contributed by atoms with Crippen LogP contribution in [0.2, 0.25) is 10.0 Å². The van der Waals surface area contributed by atoms with Crippen molar-refractivity contribution in [3.63, 3.8) is 0 Å². The van der Waals surface area contributed by atoms with Crippen molar-refractivity contribution in [3.8, 4) is 22.3 Å². The van der Waals surface area contributed by atoms with Gasteiger partial charge in [0.15, 0.2) is 0 Å². The molecule has 0 radical (unpaired) electrons. The predicted molar refractivity (Wildman–Crippen MR) is 131 cm³/mol. The average Bonchev–Trinajstić information content (AvgIpc) is 2.78. The first-order valence-electron chi connectivity index (χ1n) is 10.2. The van der Waals surface area contributed by atoms with Crippen LogP contribution in [-0.4, -0.2) is 18.4 Å². The third kappa shape index (κ3) is 4.27. The predicted octanol–water partition coefficient (Wildman–Crippen LogP) is 7.53. The Bertz CT molecular complexity index is 1320. The lowest BCUT2D eigenvalue weighted by Gasteiger charge is -2.16. The molecule has 0 aliphatic carbocycles. The number of carbonyl (C=O) groups excluding carboxylic acids is 2. The molecule has 0 aromatic heterocycles. The first-order valence-corrected chi connectivity index (χ1v) is 11.0. The quantitative estimate of drug-likeness (QED) is 0.175. The van der Waals surface area contributed by atoms with Gasteiger partial charge < -0.3 is 4.74 Å². The molecule has 32 heavy (non-hydrogen) atoms. The van der Waals surface area contributed by atoms with Crippen molar-refractivity contribution >= 4 is 45.7 Å². The molecule has 0 aliphatic rings. The van der Waals surface area contributed by atoms with Crippen LogP contribution in [0.3, 0.4) is 0 Å². The molecular formula is C27H20Cl2O3. The molecule has 4 aromatic carbocycles. The van der Waals surface area contributed by atoms with Crippen molar-refractivity contribution in [2.75, 3.05) is 6.61 Å². The van der Waals surface area contributed by atoms with Crippen molar-refractivity contribution in [3.05, 3.63) is 94.0 Å². The summed E-state index contributed by atoms with van der Waals surface area (Å²) in [5.74, 6) is -1.51. The maximum Gasteiger partial charge on any atom is 0.379 e. The summed E-state index contributed by atoms with van der Waals surface area (Å²) in [5.41, 5.74) is 4.60. The van der Waals surface area contributed by atoms with Gasteiger partial charge in [0.25, 0.3) is 5.78 Å². The van der Waals surface area contributed by atoms with Gasteiger partial charge in [0.2, 0.25) is 0 Å². The molecule has 4 aromatic rings. The lowest BCUT2D eigenvalue weighted by molar-refractivity contribution is -0.137. The Morgan fingerprint density at radius 2 is 1.34 bits per heavy atom. The molecule has 0 fully saturated rings. The molecule has 0 heterocycles. The zero-order valence-electron chi connectivity index (χ0n) is 17.6. The van der Waals surface area contributed by atoms with Gasteiger partial charge >= 0.3 is 5.97 Å². The summed E-state index contributed by atoms with van der Waals surface area (Å²) in [7, 11) is 0. The average molecular weight is 463 g/mol. The number of Topliss-reactive ketones (excluding diaryl/α,β-unsaturated/α-hetero) is 1. The van der Waals surface area contributed by atoms with Crippen LogP contribution in [0, 0.1) is 6.92 Å². The minimum Gasteiger partial charge on any atom is -0.460 e. The number of hydrogen-bond donors (Lipinski definition) is 0. The second kappa shape index (κ2) is 9.15. The first kappa shape index (κ1) is 22.1. The van der Waals surface area contributed by atoms with Gasteiger partial charge in [-0.2, -0.15) is 0 Å². The monoisotopic (exact) mass is 462 g/mol. The molecule has 0 saturated heterocycles. The third-order valence-corrected chi connectivity index (χ3v) is 5.84. The van der Waals surface area contributed by atoms with Gasteiger partial charge in [-0.05, 0) is 77.2 Å². The lowest BCUT2D eigenvalue weighted by Crippen LogP contribution is -2.19. The first-order chi connectivity index (χ1) is 15.4. The van der Waals surface area contributed by atoms with Gasteiger partial charge in [-0.15, -0.1) is 0 Å². The van der Waals surface area contributed by atoms with E-state index < -0.39 is 11.8 Å². The Morgan fingerprint density at radius 3 is 1.94 bits per heavy atom. The summed E-state index contributed by atoms with van der Waals surface area (Å²) < 4.78 is 5.00. The Kier molecular flexibility index (Phi) is 6.31. The van der Waals surface area contributed by atoms with E-state index in [4.69, 9.17) is 27.9 Å². The van der Waals surface area contributed by atoms with Crippen LogP contribution in [0.25, 0.3) is 33.0 Å². The van der Waals surface area contributed by atoms with Crippen LogP contribution in [0.4, 0.5) is 0 Å². The maximum absolute atomic E-state index is 13.1. The highest BCUT2D eigenvalue weighted by Crippen LogP contribution is 2.37. The van der Waals surface area contributed by atoms with E-state index in [1.807, 2.05) is 61.5 Å². The van der Waals surface area contributed by atoms with E-state index in [-0.39, 0.29) is 6.61 Å². The fourth-order valence-electron chi connectivity index (χ4n) is 3.88. The third-order valence-electron chi connectivity index (χ3n) is 5.34. The van der Waals surface area contributed by atoms with Crippen molar-refractivity contribution in [1.29, 1.82) is 0 Å². The zero-order chi connectivity index (χ0) is 22.8. The molecule has 0 N–H and O–H groups in total. The van der Waals surface area contributed by atoms with E-state index in [0.29, 0.717) is 26.7 Å². The van der Waals surface area contributed by atoms with Crippen molar-refractivity contribution in [2.24, 2.45) is 0 Å². The molecule has 0 spiro atoms. The molecule has 0 atom stereocenters. The number of ether oxygens (including phenoxy) is 1. The van der Waals surface area contributed by atoms with E-state index in [1.165, 1.54) is 0 Å². The largest absolute Gasteiger partial charge is 0.460 e. The highest BCUT2D eigenvalue weighted by molar-refractivity contribution is 6.43. The Hall–Kier alpha value is -3.14. The molecule has 0 bridgehead atoms. The minimum atomic E-state index is -0.858. The van der Waals surface area contributed by atoms with E-state index in [1.54, 1.807) is 19.1 Å². The molecule has 4 rings (SSSR count). The number of rotatable bonds is 5. The second-order valence-electron chi connectivity index (χ2n) is 7.44. The van der Waals surface area contributed by atoms with E-state index in [9.17, 15) is 9.59 Å². The molecule has 5 heteroatoms. The molecule has 160 valence electrons. The number of esters is 1. The lowest BCUT2D eigenvalue weighted by atomic mass is 9.87. The Morgan fingerprint density at radius 1 is 0.781 bits per heavy atom. The molecule has 0 unspecified atom stereocenters.